The number of benzene rings is 1. The van der Waals surface area contributed by atoms with Crippen LogP contribution < -0.4 is 5.32 Å². The molecule has 0 fully saturated rings. The monoisotopic (exact) mass is 296 g/mol. The van der Waals surface area contributed by atoms with Crippen LogP contribution in [0.15, 0.2) is 35.7 Å². The minimum atomic E-state index is -0.219. The fraction of sp³-hybridized carbons (Fsp3) is 0.125. The minimum absolute atomic E-state index is 0.169. The molecule has 1 aromatic heterocycles. The number of nitrogens with zero attached hydrogens (tertiary/aromatic N) is 1. The summed E-state index contributed by atoms with van der Waals surface area (Å²) < 4.78 is 0. The minimum Gasteiger partial charge on any atom is -0.384 e. The van der Waals surface area contributed by atoms with Gasteiger partial charge in [0.1, 0.15) is 6.61 Å². The summed E-state index contributed by atoms with van der Waals surface area (Å²) >= 11 is 1.49. The second kappa shape index (κ2) is 7.25. The van der Waals surface area contributed by atoms with E-state index in [9.17, 15) is 4.79 Å². The highest BCUT2D eigenvalue weighted by Crippen LogP contribution is 2.14. The first kappa shape index (κ1) is 14.8. The van der Waals surface area contributed by atoms with Gasteiger partial charge in [-0.1, -0.05) is 17.9 Å². The second-order valence-electron chi connectivity index (χ2n) is 4.14. The lowest BCUT2D eigenvalue weighted by molar-refractivity contribution is 0.0951. The molecule has 2 aromatic rings. The van der Waals surface area contributed by atoms with E-state index in [1.54, 1.807) is 24.3 Å². The first-order valence-corrected chi connectivity index (χ1v) is 7.06. The van der Waals surface area contributed by atoms with Crippen molar-refractivity contribution in [3.8, 4) is 17.9 Å². The number of hydrogen-bond acceptors (Lipinski definition) is 4. The van der Waals surface area contributed by atoms with E-state index >= 15 is 0 Å². The van der Waals surface area contributed by atoms with Crippen LogP contribution in [0.2, 0.25) is 0 Å². The summed E-state index contributed by atoms with van der Waals surface area (Å²) in [6.45, 7) is 0.234. The zero-order valence-corrected chi connectivity index (χ0v) is 11.9. The van der Waals surface area contributed by atoms with Crippen molar-refractivity contribution >= 4 is 17.2 Å². The van der Waals surface area contributed by atoms with Crippen molar-refractivity contribution in [2.24, 2.45) is 0 Å². The molecule has 0 spiro atoms. The van der Waals surface area contributed by atoms with Crippen molar-refractivity contribution in [1.82, 2.24) is 5.32 Å². The lowest BCUT2D eigenvalue weighted by Gasteiger charge is -2.03. The van der Waals surface area contributed by atoms with Crippen LogP contribution in [0, 0.1) is 23.2 Å². The molecule has 4 nitrogen and oxygen atoms in total. The molecule has 21 heavy (non-hydrogen) atoms. The van der Waals surface area contributed by atoms with Gasteiger partial charge in [0.2, 0.25) is 0 Å². The molecule has 0 unspecified atom stereocenters. The summed E-state index contributed by atoms with van der Waals surface area (Å²) in [5.41, 5.74) is 1.75. The van der Waals surface area contributed by atoms with Crippen LogP contribution in [0.5, 0.6) is 0 Å². The molecule has 0 aliphatic rings. The van der Waals surface area contributed by atoms with Crippen molar-refractivity contribution in [1.29, 1.82) is 5.26 Å². The first-order valence-electron chi connectivity index (χ1n) is 6.18. The molecule has 1 heterocycles. The Morgan fingerprint density at radius 2 is 2.19 bits per heavy atom. The smallest absolute Gasteiger partial charge is 0.251 e. The summed E-state index contributed by atoms with van der Waals surface area (Å²) in [7, 11) is 0. The van der Waals surface area contributed by atoms with E-state index in [-0.39, 0.29) is 12.5 Å². The maximum atomic E-state index is 12.0. The van der Waals surface area contributed by atoms with Crippen molar-refractivity contribution in [3.05, 3.63) is 57.3 Å². The predicted octanol–water partition coefficient (Wildman–Crippen LogP) is 1.89. The standard InChI is InChI=1S/C16H12N2O2S/c17-9-12-3-1-5-14(7-12)16(20)18-10-15-8-13(11-21-15)4-2-6-19/h1,3,5,7-8,11,19H,6,10H2,(H,18,20). The Morgan fingerprint density at radius 3 is 2.95 bits per heavy atom. The number of nitrogens with one attached hydrogen (secondary N) is 1. The van der Waals surface area contributed by atoms with E-state index in [2.05, 4.69) is 17.2 Å². The van der Waals surface area contributed by atoms with Gasteiger partial charge in [-0.3, -0.25) is 4.79 Å². The lowest BCUT2D eigenvalue weighted by atomic mass is 10.1. The van der Waals surface area contributed by atoms with Gasteiger partial charge in [0.25, 0.3) is 5.91 Å². The van der Waals surface area contributed by atoms with Crippen LogP contribution >= 0.6 is 11.3 Å². The third-order valence-corrected chi connectivity index (χ3v) is 3.58. The molecule has 0 atom stereocenters. The molecule has 104 valence electrons. The van der Waals surface area contributed by atoms with Crippen LogP contribution in [0.25, 0.3) is 0 Å². The third kappa shape index (κ3) is 4.19. The first-order chi connectivity index (χ1) is 10.2. The van der Waals surface area contributed by atoms with E-state index in [0.717, 1.165) is 10.4 Å². The molecule has 5 heteroatoms. The highest BCUT2D eigenvalue weighted by atomic mass is 32.1. The molecule has 0 aliphatic heterocycles. The topological polar surface area (TPSA) is 73.1 Å². The van der Waals surface area contributed by atoms with Gasteiger partial charge >= 0.3 is 0 Å². The molecule has 2 rings (SSSR count). The number of carbonyl (C=O) groups excluding carboxylic acids is 1. The van der Waals surface area contributed by atoms with E-state index < -0.39 is 0 Å². The summed E-state index contributed by atoms with van der Waals surface area (Å²) in [5, 5.41) is 22.1. The number of nitriles is 1. The Kier molecular flexibility index (Phi) is 5.11. The van der Waals surface area contributed by atoms with Crippen molar-refractivity contribution in [2.45, 2.75) is 6.54 Å². The fourth-order valence-electron chi connectivity index (χ4n) is 1.68. The zero-order chi connectivity index (χ0) is 15.1. The Labute approximate surface area is 126 Å². The summed E-state index contributed by atoms with van der Waals surface area (Å²) in [5.74, 6) is 5.17. The van der Waals surface area contributed by atoms with Gasteiger partial charge in [-0.25, -0.2) is 0 Å². The van der Waals surface area contributed by atoms with Crippen molar-refractivity contribution in [3.63, 3.8) is 0 Å². The number of aliphatic hydroxyl groups excluding tert-OH is 1. The van der Waals surface area contributed by atoms with Gasteiger partial charge in [0.05, 0.1) is 18.2 Å². The molecule has 0 bridgehead atoms. The van der Waals surface area contributed by atoms with Crippen molar-refractivity contribution < 1.29 is 9.90 Å². The number of hydrogen-bond donors (Lipinski definition) is 2. The average molecular weight is 296 g/mol. The maximum absolute atomic E-state index is 12.0. The number of aliphatic hydroxyl groups is 1. The van der Waals surface area contributed by atoms with Gasteiger partial charge < -0.3 is 10.4 Å². The SMILES string of the molecule is N#Cc1cccc(C(=O)NCc2cc(C#CCO)cs2)c1. The molecule has 1 aromatic carbocycles. The summed E-state index contributed by atoms with van der Waals surface area (Å²) in [6, 6.07) is 10.4. The molecule has 0 radical (unpaired) electrons. The Bertz CT molecular complexity index is 747. The Hall–Kier alpha value is -2.60. The largest absolute Gasteiger partial charge is 0.384 e. The van der Waals surface area contributed by atoms with E-state index in [0.29, 0.717) is 17.7 Å². The van der Waals surface area contributed by atoms with Crippen LogP contribution in [-0.2, 0) is 6.54 Å². The summed E-state index contributed by atoms with van der Waals surface area (Å²) in [4.78, 5) is 13.0. The molecular weight excluding hydrogens is 284 g/mol. The van der Waals surface area contributed by atoms with Crippen LogP contribution in [0.4, 0.5) is 0 Å². The number of rotatable bonds is 3. The van der Waals surface area contributed by atoms with E-state index in [1.165, 1.54) is 11.3 Å². The summed E-state index contributed by atoms with van der Waals surface area (Å²) in [6.07, 6.45) is 0. The Morgan fingerprint density at radius 1 is 1.33 bits per heavy atom. The van der Waals surface area contributed by atoms with Gasteiger partial charge in [-0.15, -0.1) is 11.3 Å². The third-order valence-electron chi connectivity index (χ3n) is 2.64. The fourth-order valence-corrected chi connectivity index (χ4v) is 2.44. The Balaban J connectivity index is 1.97. The molecule has 0 saturated carbocycles. The molecule has 0 saturated heterocycles. The molecule has 1 amide bonds. The van der Waals surface area contributed by atoms with Crippen LogP contribution in [0.3, 0.4) is 0 Å². The quantitative estimate of drug-likeness (QED) is 0.850. The second-order valence-corrected chi connectivity index (χ2v) is 5.13. The maximum Gasteiger partial charge on any atom is 0.251 e. The highest BCUT2D eigenvalue weighted by Gasteiger charge is 2.06. The van der Waals surface area contributed by atoms with E-state index in [4.69, 9.17) is 10.4 Å². The zero-order valence-electron chi connectivity index (χ0n) is 11.1. The van der Waals surface area contributed by atoms with Gasteiger partial charge in [-0.05, 0) is 24.3 Å². The molecule has 0 aliphatic carbocycles. The van der Waals surface area contributed by atoms with Gasteiger partial charge in [0.15, 0.2) is 0 Å². The normalized spacial score (nSPS) is 9.33. The predicted molar refractivity (Wildman–Crippen MR) is 80.6 cm³/mol. The number of amides is 1. The van der Waals surface area contributed by atoms with Crippen molar-refractivity contribution in [2.75, 3.05) is 6.61 Å². The van der Waals surface area contributed by atoms with Crippen LogP contribution in [0.1, 0.15) is 26.4 Å². The van der Waals surface area contributed by atoms with E-state index in [1.807, 2.05) is 17.5 Å². The highest BCUT2D eigenvalue weighted by molar-refractivity contribution is 7.10. The van der Waals surface area contributed by atoms with Gasteiger partial charge in [-0.2, -0.15) is 5.26 Å². The lowest BCUT2D eigenvalue weighted by Crippen LogP contribution is -2.22. The van der Waals surface area contributed by atoms with Crippen LogP contribution in [-0.4, -0.2) is 17.6 Å². The average Bonchev–Trinajstić information content (AvgIpc) is 2.98. The molecular formula is C16H12N2O2S. The number of thiophene rings is 1. The van der Waals surface area contributed by atoms with Gasteiger partial charge in [0, 0.05) is 21.4 Å². The molecule has 2 N–H and O–H groups in total. The number of carbonyl (C=O) groups is 1.